The number of hydrogen-bond donors (Lipinski definition) is 1. The van der Waals surface area contributed by atoms with Gasteiger partial charge in [0.2, 0.25) is 15.9 Å². The predicted molar refractivity (Wildman–Crippen MR) is 113 cm³/mol. The number of carbonyl (C=O) groups excluding carboxylic acids is 1. The molecule has 0 aliphatic carbocycles. The van der Waals surface area contributed by atoms with E-state index in [1.165, 1.54) is 16.4 Å². The third-order valence-electron chi connectivity index (χ3n) is 5.39. The van der Waals surface area contributed by atoms with Gasteiger partial charge in [-0.15, -0.1) is 0 Å². The fraction of sp³-hybridized carbons (Fsp3) is 0.409. The molecule has 3 rings (SSSR count). The molecule has 31 heavy (non-hydrogen) atoms. The Labute approximate surface area is 180 Å². The third-order valence-corrected chi connectivity index (χ3v) is 7.34. The highest BCUT2D eigenvalue weighted by Gasteiger charge is 2.32. The van der Waals surface area contributed by atoms with E-state index in [1.54, 1.807) is 0 Å². The van der Waals surface area contributed by atoms with Crippen molar-refractivity contribution >= 4 is 21.6 Å². The number of sulfonamides is 1. The molecule has 1 amide bonds. The first-order valence-corrected chi connectivity index (χ1v) is 11.8. The van der Waals surface area contributed by atoms with E-state index in [-0.39, 0.29) is 30.4 Å². The van der Waals surface area contributed by atoms with Crippen molar-refractivity contribution in [1.82, 2.24) is 4.31 Å². The maximum absolute atomic E-state index is 12.8. The number of benzene rings is 2. The molecule has 1 saturated heterocycles. The molecule has 1 aliphatic heterocycles. The Morgan fingerprint density at radius 2 is 1.71 bits per heavy atom. The van der Waals surface area contributed by atoms with Crippen LogP contribution in [0.2, 0.25) is 0 Å². The summed E-state index contributed by atoms with van der Waals surface area (Å²) < 4.78 is 65.1. The van der Waals surface area contributed by atoms with Gasteiger partial charge in [0, 0.05) is 24.7 Å². The van der Waals surface area contributed by atoms with Crippen LogP contribution in [-0.4, -0.2) is 37.5 Å². The van der Waals surface area contributed by atoms with Gasteiger partial charge >= 0.3 is 6.18 Å². The summed E-state index contributed by atoms with van der Waals surface area (Å²) in [6, 6.07) is 14.1. The van der Waals surface area contributed by atoms with Crippen molar-refractivity contribution in [1.29, 1.82) is 0 Å². The van der Waals surface area contributed by atoms with E-state index in [0.29, 0.717) is 25.7 Å². The second kappa shape index (κ2) is 9.82. The van der Waals surface area contributed by atoms with Gasteiger partial charge in [-0.2, -0.15) is 13.2 Å². The van der Waals surface area contributed by atoms with Crippen LogP contribution in [0.25, 0.3) is 0 Å². The van der Waals surface area contributed by atoms with Crippen molar-refractivity contribution in [2.75, 3.05) is 24.2 Å². The highest BCUT2D eigenvalue weighted by atomic mass is 32.2. The SMILES string of the molecule is O=C(Nc1cccc(C(F)(F)F)c1)C1CCN(S(=O)(=O)CCCc2ccccc2)CC1. The average molecular weight is 455 g/mol. The van der Waals surface area contributed by atoms with Crippen molar-refractivity contribution in [2.24, 2.45) is 5.92 Å². The first-order valence-electron chi connectivity index (χ1n) is 10.1. The number of aryl methyl sites for hydroxylation is 1. The minimum atomic E-state index is -4.49. The zero-order valence-corrected chi connectivity index (χ0v) is 17.8. The molecule has 1 heterocycles. The molecule has 0 bridgehead atoms. The summed E-state index contributed by atoms with van der Waals surface area (Å²) in [5.74, 6) is -0.783. The van der Waals surface area contributed by atoms with Gasteiger partial charge in [0.1, 0.15) is 0 Å². The number of anilines is 1. The Morgan fingerprint density at radius 3 is 2.35 bits per heavy atom. The standard InChI is InChI=1S/C22H25F3N2O3S/c23-22(24,25)19-9-4-10-20(16-19)26-21(28)18-11-13-27(14-12-18)31(29,30)15-5-8-17-6-2-1-3-7-17/h1-4,6-7,9-10,16,18H,5,8,11-15H2,(H,26,28). The fourth-order valence-corrected chi connectivity index (χ4v) is 5.18. The van der Waals surface area contributed by atoms with Gasteiger partial charge < -0.3 is 5.32 Å². The minimum Gasteiger partial charge on any atom is -0.326 e. The topological polar surface area (TPSA) is 66.5 Å². The van der Waals surface area contributed by atoms with Crippen LogP contribution in [0.3, 0.4) is 0 Å². The molecule has 0 spiro atoms. The smallest absolute Gasteiger partial charge is 0.326 e. The largest absolute Gasteiger partial charge is 0.416 e. The summed E-state index contributed by atoms with van der Waals surface area (Å²) >= 11 is 0. The van der Waals surface area contributed by atoms with Crippen LogP contribution >= 0.6 is 0 Å². The lowest BCUT2D eigenvalue weighted by molar-refractivity contribution is -0.137. The van der Waals surface area contributed by atoms with E-state index < -0.39 is 27.7 Å². The number of carbonyl (C=O) groups is 1. The number of rotatable bonds is 7. The minimum absolute atomic E-state index is 0.0446. The molecule has 1 N–H and O–H groups in total. The second-order valence-corrected chi connectivity index (χ2v) is 9.73. The van der Waals surface area contributed by atoms with Crippen LogP contribution in [-0.2, 0) is 27.4 Å². The lowest BCUT2D eigenvalue weighted by atomic mass is 9.97. The Hall–Kier alpha value is -2.39. The van der Waals surface area contributed by atoms with Gasteiger partial charge in [-0.25, -0.2) is 12.7 Å². The maximum Gasteiger partial charge on any atom is 0.416 e. The van der Waals surface area contributed by atoms with E-state index in [4.69, 9.17) is 0 Å². The number of alkyl halides is 3. The molecule has 0 unspecified atom stereocenters. The summed E-state index contributed by atoms with van der Waals surface area (Å²) in [7, 11) is -3.41. The van der Waals surface area contributed by atoms with Crippen molar-refractivity contribution in [3.63, 3.8) is 0 Å². The number of nitrogens with one attached hydrogen (secondary N) is 1. The van der Waals surface area contributed by atoms with Crippen LogP contribution in [0.4, 0.5) is 18.9 Å². The number of piperidine rings is 1. The highest BCUT2D eigenvalue weighted by Crippen LogP contribution is 2.31. The van der Waals surface area contributed by atoms with Crippen molar-refractivity contribution in [2.45, 2.75) is 31.9 Å². The molecule has 2 aromatic carbocycles. The Morgan fingerprint density at radius 1 is 1.03 bits per heavy atom. The van der Waals surface area contributed by atoms with Gasteiger partial charge in [0.15, 0.2) is 0 Å². The Kier molecular flexibility index (Phi) is 7.38. The molecule has 1 fully saturated rings. The van der Waals surface area contributed by atoms with Gasteiger partial charge in [-0.05, 0) is 49.4 Å². The van der Waals surface area contributed by atoms with Crippen LogP contribution in [0.1, 0.15) is 30.4 Å². The number of amides is 1. The molecule has 0 radical (unpaired) electrons. The van der Waals surface area contributed by atoms with E-state index >= 15 is 0 Å². The molecule has 0 saturated carbocycles. The van der Waals surface area contributed by atoms with Crippen LogP contribution in [0.15, 0.2) is 54.6 Å². The molecule has 5 nitrogen and oxygen atoms in total. The summed E-state index contributed by atoms with van der Waals surface area (Å²) in [6.07, 6.45) is -2.62. The van der Waals surface area contributed by atoms with Crippen LogP contribution < -0.4 is 5.32 Å². The molecule has 2 aromatic rings. The van der Waals surface area contributed by atoms with E-state index in [2.05, 4.69) is 5.32 Å². The normalized spacial score (nSPS) is 16.2. The van der Waals surface area contributed by atoms with Gasteiger partial charge in [0.05, 0.1) is 11.3 Å². The molecular formula is C22H25F3N2O3S. The number of halogens is 3. The zero-order valence-electron chi connectivity index (χ0n) is 16.9. The van der Waals surface area contributed by atoms with Gasteiger partial charge in [0.25, 0.3) is 0 Å². The lowest BCUT2D eigenvalue weighted by Gasteiger charge is -2.30. The quantitative estimate of drug-likeness (QED) is 0.678. The van der Waals surface area contributed by atoms with Crippen LogP contribution in [0, 0.1) is 5.92 Å². The molecular weight excluding hydrogens is 429 g/mol. The number of hydrogen-bond acceptors (Lipinski definition) is 3. The maximum atomic E-state index is 12.8. The van der Waals surface area contributed by atoms with Gasteiger partial charge in [-0.1, -0.05) is 36.4 Å². The molecule has 0 aromatic heterocycles. The molecule has 9 heteroatoms. The van der Waals surface area contributed by atoms with E-state index in [9.17, 15) is 26.4 Å². The lowest BCUT2D eigenvalue weighted by Crippen LogP contribution is -2.42. The Bertz CT molecular complexity index is 987. The second-order valence-electron chi connectivity index (χ2n) is 7.65. The molecule has 168 valence electrons. The summed E-state index contributed by atoms with van der Waals surface area (Å²) in [5, 5.41) is 2.52. The zero-order chi connectivity index (χ0) is 22.5. The van der Waals surface area contributed by atoms with E-state index in [1.807, 2.05) is 30.3 Å². The molecule has 0 atom stereocenters. The fourth-order valence-electron chi connectivity index (χ4n) is 3.65. The van der Waals surface area contributed by atoms with Gasteiger partial charge in [-0.3, -0.25) is 4.79 Å². The third kappa shape index (κ3) is 6.54. The summed E-state index contributed by atoms with van der Waals surface area (Å²) in [5.41, 5.74) is 0.333. The highest BCUT2D eigenvalue weighted by molar-refractivity contribution is 7.89. The predicted octanol–water partition coefficient (Wildman–Crippen LogP) is 4.32. The monoisotopic (exact) mass is 454 g/mol. The first-order chi connectivity index (χ1) is 14.6. The Balaban J connectivity index is 1.49. The average Bonchev–Trinajstić information content (AvgIpc) is 2.74. The molecule has 1 aliphatic rings. The van der Waals surface area contributed by atoms with Crippen LogP contribution in [0.5, 0.6) is 0 Å². The number of nitrogens with zero attached hydrogens (tertiary/aromatic N) is 1. The summed E-state index contributed by atoms with van der Waals surface area (Å²) in [6.45, 7) is 0.461. The van der Waals surface area contributed by atoms with Crippen molar-refractivity contribution in [3.8, 4) is 0 Å². The van der Waals surface area contributed by atoms with Crippen molar-refractivity contribution < 1.29 is 26.4 Å². The van der Waals surface area contributed by atoms with E-state index in [0.717, 1.165) is 17.7 Å². The van der Waals surface area contributed by atoms with Crippen molar-refractivity contribution in [3.05, 3.63) is 65.7 Å². The first kappa shape index (κ1) is 23.3. The summed E-state index contributed by atoms with van der Waals surface area (Å²) in [4.78, 5) is 12.5.